The highest BCUT2D eigenvalue weighted by Gasteiger charge is 2.15. The Hall–Kier alpha value is -2.37. The predicted molar refractivity (Wildman–Crippen MR) is 77.9 cm³/mol. The Labute approximate surface area is 118 Å². The number of nitrogens with one attached hydrogen (secondary N) is 1. The zero-order valence-electron chi connectivity index (χ0n) is 12.0. The molecule has 0 saturated heterocycles. The highest BCUT2D eigenvalue weighted by molar-refractivity contribution is 5.92. The minimum Gasteiger partial charge on any atom is -0.396 e. The second-order valence-electron chi connectivity index (χ2n) is 4.40. The van der Waals surface area contributed by atoms with Crippen molar-refractivity contribution < 1.29 is 4.79 Å². The van der Waals surface area contributed by atoms with E-state index < -0.39 is 0 Å². The number of carbonyl (C=O) groups is 1. The highest BCUT2D eigenvalue weighted by atomic mass is 16.1. The van der Waals surface area contributed by atoms with Crippen molar-refractivity contribution in [3.05, 3.63) is 35.4 Å². The molecule has 0 saturated carbocycles. The van der Waals surface area contributed by atoms with Gasteiger partial charge in [0.2, 0.25) is 0 Å². The van der Waals surface area contributed by atoms with Gasteiger partial charge in [0.15, 0.2) is 0 Å². The number of hydrogen-bond donors (Lipinski definition) is 2. The summed E-state index contributed by atoms with van der Waals surface area (Å²) in [6, 6.07) is 3.53. The molecule has 106 valence electrons. The normalized spacial score (nSPS) is 10.6. The van der Waals surface area contributed by atoms with Gasteiger partial charge in [-0.3, -0.25) is 9.78 Å². The van der Waals surface area contributed by atoms with E-state index in [1.165, 1.54) is 0 Å². The monoisotopic (exact) mass is 273 g/mol. The molecular weight excluding hydrogens is 254 g/mol. The van der Waals surface area contributed by atoms with Gasteiger partial charge in [0.05, 0.1) is 22.8 Å². The average Bonchev–Trinajstić information content (AvgIpc) is 2.82. The molecule has 0 unspecified atom stereocenters. The Morgan fingerprint density at radius 3 is 2.75 bits per heavy atom. The van der Waals surface area contributed by atoms with Gasteiger partial charge >= 0.3 is 0 Å². The van der Waals surface area contributed by atoms with Crippen LogP contribution in [0.5, 0.6) is 0 Å². The van der Waals surface area contributed by atoms with Gasteiger partial charge in [-0.25, -0.2) is 4.68 Å². The molecule has 20 heavy (non-hydrogen) atoms. The third kappa shape index (κ3) is 2.36. The van der Waals surface area contributed by atoms with Gasteiger partial charge in [-0.05, 0) is 25.0 Å². The Morgan fingerprint density at radius 2 is 2.15 bits per heavy atom. The lowest BCUT2D eigenvalue weighted by Gasteiger charge is -2.07. The number of rotatable bonds is 4. The van der Waals surface area contributed by atoms with Gasteiger partial charge in [-0.1, -0.05) is 13.8 Å². The SMILES string of the molecule is CCc1nn(-c2ccnc(C(=O)NC)c2)c(CC)c1N. The number of nitrogens with zero attached hydrogens (tertiary/aromatic N) is 3. The number of pyridine rings is 1. The van der Waals surface area contributed by atoms with Crippen molar-refractivity contribution >= 4 is 11.6 Å². The van der Waals surface area contributed by atoms with Gasteiger partial charge in [-0.15, -0.1) is 0 Å². The first-order valence-corrected chi connectivity index (χ1v) is 6.67. The maximum atomic E-state index is 11.7. The summed E-state index contributed by atoms with van der Waals surface area (Å²) in [5.41, 5.74) is 9.82. The molecule has 0 fully saturated rings. The molecule has 0 bridgehead atoms. The van der Waals surface area contributed by atoms with E-state index >= 15 is 0 Å². The standard InChI is InChI=1S/C14H19N5O/c1-4-10-13(15)12(5-2)19(18-10)9-6-7-17-11(8-9)14(20)16-3/h6-8H,4-5,15H2,1-3H3,(H,16,20). The minimum absolute atomic E-state index is 0.222. The van der Waals surface area contributed by atoms with E-state index in [2.05, 4.69) is 15.4 Å². The van der Waals surface area contributed by atoms with E-state index in [9.17, 15) is 4.79 Å². The number of nitrogen functional groups attached to an aromatic ring is 1. The molecule has 1 amide bonds. The number of aryl methyl sites for hydroxylation is 1. The third-order valence-electron chi connectivity index (χ3n) is 3.22. The lowest BCUT2D eigenvalue weighted by atomic mass is 10.2. The zero-order valence-corrected chi connectivity index (χ0v) is 12.0. The molecule has 3 N–H and O–H groups in total. The number of aromatic nitrogens is 3. The van der Waals surface area contributed by atoms with Crippen molar-refractivity contribution in [2.75, 3.05) is 12.8 Å². The molecule has 0 atom stereocenters. The summed E-state index contributed by atoms with van der Waals surface area (Å²) in [5, 5.41) is 7.09. The molecule has 0 spiro atoms. The van der Waals surface area contributed by atoms with E-state index in [4.69, 9.17) is 5.73 Å². The maximum Gasteiger partial charge on any atom is 0.269 e. The Kier molecular flexibility index (Phi) is 4.02. The summed E-state index contributed by atoms with van der Waals surface area (Å²) in [5.74, 6) is -0.222. The molecule has 0 aliphatic carbocycles. The smallest absolute Gasteiger partial charge is 0.269 e. The maximum absolute atomic E-state index is 11.7. The zero-order chi connectivity index (χ0) is 14.7. The largest absolute Gasteiger partial charge is 0.396 e. The molecule has 2 aromatic heterocycles. The Balaban J connectivity index is 2.54. The summed E-state index contributed by atoms with van der Waals surface area (Å²) in [7, 11) is 1.58. The lowest BCUT2D eigenvalue weighted by Crippen LogP contribution is -2.19. The van der Waals surface area contributed by atoms with Crippen molar-refractivity contribution in [3.8, 4) is 5.69 Å². The molecule has 2 rings (SSSR count). The van der Waals surface area contributed by atoms with Crippen molar-refractivity contribution in [2.24, 2.45) is 0 Å². The number of anilines is 1. The molecule has 6 heteroatoms. The average molecular weight is 273 g/mol. The second-order valence-corrected chi connectivity index (χ2v) is 4.40. The first kappa shape index (κ1) is 14.0. The summed E-state index contributed by atoms with van der Waals surface area (Å²) < 4.78 is 1.79. The van der Waals surface area contributed by atoms with Crippen molar-refractivity contribution in [1.82, 2.24) is 20.1 Å². The number of carbonyl (C=O) groups excluding carboxylic acids is 1. The first-order valence-electron chi connectivity index (χ1n) is 6.67. The summed E-state index contributed by atoms with van der Waals surface area (Å²) in [6.07, 6.45) is 3.15. The topological polar surface area (TPSA) is 85.8 Å². The molecule has 0 aromatic carbocycles. The lowest BCUT2D eigenvalue weighted by molar-refractivity contribution is 0.0958. The van der Waals surface area contributed by atoms with E-state index in [1.807, 2.05) is 19.9 Å². The van der Waals surface area contributed by atoms with Crippen LogP contribution in [-0.2, 0) is 12.8 Å². The number of nitrogens with two attached hydrogens (primary N) is 1. The predicted octanol–water partition coefficient (Wildman–Crippen LogP) is 1.33. The molecular formula is C14H19N5O. The van der Waals surface area contributed by atoms with Crippen molar-refractivity contribution in [1.29, 1.82) is 0 Å². The summed E-state index contributed by atoms with van der Waals surface area (Å²) in [4.78, 5) is 15.7. The molecule has 0 radical (unpaired) electrons. The molecule has 0 aliphatic heterocycles. The van der Waals surface area contributed by atoms with E-state index in [0.29, 0.717) is 5.69 Å². The summed E-state index contributed by atoms with van der Waals surface area (Å²) >= 11 is 0. The van der Waals surface area contributed by atoms with E-state index in [1.54, 1.807) is 24.0 Å². The quantitative estimate of drug-likeness (QED) is 0.880. The van der Waals surface area contributed by atoms with Crippen LogP contribution in [0.1, 0.15) is 35.7 Å². The van der Waals surface area contributed by atoms with Crippen LogP contribution in [0.15, 0.2) is 18.3 Å². The van der Waals surface area contributed by atoms with Gasteiger partial charge in [0, 0.05) is 13.2 Å². The van der Waals surface area contributed by atoms with Crippen molar-refractivity contribution in [3.63, 3.8) is 0 Å². The molecule has 2 aromatic rings. The summed E-state index contributed by atoms with van der Waals surface area (Å²) in [6.45, 7) is 4.05. The van der Waals surface area contributed by atoms with Crippen LogP contribution in [-0.4, -0.2) is 27.7 Å². The first-order chi connectivity index (χ1) is 9.62. The Morgan fingerprint density at radius 1 is 1.40 bits per heavy atom. The van der Waals surface area contributed by atoms with Crippen LogP contribution in [0.4, 0.5) is 5.69 Å². The number of amides is 1. The third-order valence-corrected chi connectivity index (χ3v) is 3.22. The molecule has 6 nitrogen and oxygen atoms in total. The van der Waals surface area contributed by atoms with E-state index in [-0.39, 0.29) is 5.91 Å². The van der Waals surface area contributed by atoms with Gasteiger partial charge in [0.1, 0.15) is 5.69 Å². The minimum atomic E-state index is -0.222. The van der Waals surface area contributed by atoms with Crippen LogP contribution >= 0.6 is 0 Å². The second kappa shape index (κ2) is 5.73. The highest BCUT2D eigenvalue weighted by Crippen LogP contribution is 2.22. The fraction of sp³-hybridized carbons (Fsp3) is 0.357. The van der Waals surface area contributed by atoms with Crippen molar-refractivity contribution in [2.45, 2.75) is 26.7 Å². The van der Waals surface area contributed by atoms with E-state index in [0.717, 1.165) is 35.6 Å². The van der Waals surface area contributed by atoms with Crippen LogP contribution in [0.2, 0.25) is 0 Å². The number of hydrogen-bond acceptors (Lipinski definition) is 4. The van der Waals surface area contributed by atoms with Crippen LogP contribution in [0, 0.1) is 0 Å². The van der Waals surface area contributed by atoms with Gasteiger partial charge in [-0.2, -0.15) is 5.10 Å². The van der Waals surface area contributed by atoms with Crippen LogP contribution in [0.3, 0.4) is 0 Å². The molecule has 0 aliphatic rings. The van der Waals surface area contributed by atoms with Crippen LogP contribution in [0.25, 0.3) is 5.69 Å². The fourth-order valence-electron chi connectivity index (χ4n) is 2.13. The fourth-order valence-corrected chi connectivity index (χ4v) is 2.13. The van der Waals surface area contributed by atoms with Gasteiger partial charge < -0.3 is 11.1 Å². The van der Waals surface area contributed by atoms with Crippen LogP contribution < -0.4 is 11.1 Å². The Bertz CT molecular complexity index is 632. The molecule has 2 heterocycles. The van der Waals surface area contributed by atoms with Gasteiger partial charge in [0.25, 0.3) is 5.91 Å².